The number of aliphatic hydroxyl groups is 1. The lowest BCUT2D eigenvalue weighted by molar-refractivity contribution is 0.176. The van der Waals surface area contributed by atoms with Crippen LogP contribution in [-0.4, -0.2) is 49.6 Å². The van der Waals surface area contributed by atoms with Crippen LogP contribution in [0.15, 0.2) is 105 Å². The SMILES string of the molecule is N[C@H]1CC[C@H](N(C(=O)O)c2cc(CCCCn3c(=O)oc4cc(CNCC(O)c5ccc(O)c6[nH]c(=O)ccc56)ccc43)ccc2-c2ccccc2)CC1. The Kier molecular flexibility index (Phi) is 11.0. The first-order valence-corrected chi connectivity index (χ1v) is 18.5. The highest BCUT2D eigenvalue weighted by Gasteiger charge is 2.30. The Morgan fingerprint density at radius 2 is 1.72 bits per heavy atom. The predicted octanol–water partition coefficient (Wildman–Crippen LogP) is 6.41. The van der Waals surface area contributed by atoms with Gasteiger partial charge in [-0.3, -0.25) is 14.3 Å². The second-order valence-electron chi connectivity index (χ2n) is 14.1. The van der Waals surface area contributed by atoms with Gasteiger partial charge in [-0.05, 0) is 97.5 Å². The molecular weight excluding hydrogens is 686 g/mol. The summed E-state index contributed by atoms with van der Waals surface area (Å²) in [6, 6.07) is 27.5. The monoisotopic (exact) mass is 731 g/mol. The van der Waals surface area contributed by atoms with Crippen molar-refractivity contribution in [1.29, 1.82) is 0 Å². The number of aromatic amines is 1. The Morgan fingerprint density at radius 3 is 2.50 bits per heavy atom. The molecule has 6 aromatic rings. The number of amides is 1. The number of nitrogens with zero attached hydrogens (tertiary/aromatic N) is 2. The first kappa shape index (κ1) is 36.7. The topological polar surface area (TPSA) is 187 Å². The van der Waals surface area contributed by atoms with E-state index in [2.05, 4.69) is 16.4 Å². The Labute approximate surface area is 311 Å². The zero-order valence-corrected chi connectivity index (χ0v) is 29.9. The fourth-order valence-electron chi connectivity index (χ4n) is 7.65. The number of nitrogens with two attached hydrogens (primary N) is 1. The molecule has 2 aromatic heterocycles. The zero-order valence-electron chi connectivity index (χ0n) is 29.9. The number of H-pyrrole nitrogens is 1. The fraction of sp³-hybridized carbons (Fsp3) is 0.310. The molecule has 7 rings (SSSR count). The highest BCUT2D eigenvalue weighted by atomic mass is 16.4. The van der Waals surface area contributed by atoms with E-state index in [9.17, 15) is 29.7 Å². The van der Waals surface area contributed by atoms with Gasteiger partial charge in [0.05, 0.1) is 22.8 Å². The molecule has 7 N–H and O–H groups in total. The van der Waals surface area contributed by atoms with Crippen molar-refractivity contribution >= 4 is 33.8 Å². The molecule has 0 saturated heterocycles. The average Bonchev–Trinajstić information content (AvgIpc) is 3.48. The van der Waals surface area contributed by atoms with Gasteiger partial charge < -0.3 is 35.8 Å². The van der Waals surface area contributed by atoms with Crippen LogP contribution >= 0.6 is 0 Å². The van der Waals surface area contributed by atoms with Crippen molar-refractivity contribution < 1.29 is 24.5 Å². The Morgan fingerprint density at radius 1 is 0.944 bits per heavy atom. The number of benzene rings is 4. The van der Waals surface area contributed by atoms with Crippen molar-refractivity contribution in [3.63, 3.8) is 0 Å². The number of unbranched alkanes of at least 4 members (excludes halogenated alkanes) is 1. The van der Waals surface area contributed by atoms with E-state index in [0.717, 1.165) is 60.8 Å². The van der Waals surface area contributed by atoms with Gasteiger partial charge in [0, 0.05) is 48.7 Å². The van der Waals surface area contributed by atoms with Crippen LogP contribution in [0.4, 0.5) is 10.5 Å². The van der Waals surface area contributed by atoms with Crippen LogP contribution in [0.5, 0.6) is 5.75 Å². The van der Waals surface area contributed by atoms with E-state index < -0.39 is 18.0 Å². The van der Waals surface area contributed by atoms with Crippen LogP contribution < -0.4 is 27.3 Å². The summed E-state index contributed by atoms with van der Waals surface area (Å²) < 4.78 is 7.25. The summed E-state index contributed by atoms with van der Waals surface area (Å²) in [5, 5.41) is 35.3. The molecule has 0 aliphatic heterocycles. The molecule has 280 valence electrons. The summed E-state index contributed by atoms with van der Waals surface area (Å²) in [6.07, 6.45) is 3.40. The van der Waals surface area contributed by atoms with E-state index in [-0.39, 0.29) is 35.5 Å². The molecule has 1 atom stereocenters. The van der Waals surface area contributed by atoms with Crippen molar-refractivity contribution in [2.45, 2.75) is 76.2 Å². The molecule has 54 heavy (non-hydrogen) atoms. The first-order valence-electron chi connectivity index (χ1n) is 18.5. The van der Waals surface area contributed by atoms with Gasteiger partial charge in [-0.2, -0.15) is 0 Å². The number of hydrogen-bond donors (Lipinski definition) is 6. The second kappa shape index (κ2) is 16.1. The highest BCUT2D eigenvalue weighted by Crippen LogP contribution is 2.36. The summed E-state index contributed by atoms with van der Waals surface area (Å²) in [7, 11) is 0. The second-order valence-corrected chi connectivity index (χ2v) is 14.1. The van der Waals surface area contributed by atoms with Crippen LogP contribution in [0.3, 0.4) is 0 Å². The lowest BCUT2D eigenvalue weighted by Gasteiger charge is -2.35. The lowest BCUT2D eigenvalue weighted by atomic mass is 9.89. The van der Waals surface area contributed by atoms with Crippen LogP contribution in [0.2, 0.25) is 0 Å². The lowest BCUT2D eigenvalue weighted by Crippen LogP contribution is -2.44. The van der Waals surface area contributed by atoms with E-state index in [1.165, 1.54) is 12.1 Å². The Hall–Kier alpha value is -5.69. The molecule has 12 heteroatoms. The number of carboxylic acid groups (broad SMARTS) is 1. The third-order valence-electron chi connectivity index (χ3n) is 10.5. The number of aryl methyl sites for hydroxylation is 2. The van der Waals surface area contributed by atoms with Gasteiger partial charge >= 0.3 is 11.8 Å². The molecule has 0 bridgehead atoms. The summed E-state index contributed by atoms with van der Waals surface area (Å²) in [6.45, 7) is 1.09. The van der Waals surface area contributed by atoms with Crippen molar-refractivity contribution in [3.05, 3.63) is 129 Å². The summed E-state index contributed by atoms with van der Waals surface area (Å²) in [5.41, 5.74) is 12.3. The number of fused-ring (bicyclic) bond motifs is 2. The van der Waals surface area contributed by atoms with E-state index in [1.807, 2.05) is 60.7 Å². The van der Waals surface area contributed by atoms with Crippen LogP contribution in [0.25, 0.3) is 33.1 Å². The number of oxazole rings is 1. The normalized spacial score (nSPS) is 16.5. The molecule has 2 heterocycles. The molecule has 1 saturated carbocycles. The van der Waals surface area contributed by atoms with Crippen LogP contribution in [-0.2, 0) is 19.5 Å². The molecule has 4 aromatic carbocycles. The van der Waals surface area contributed by atoms with Gasteiger partial charge in [-0.15, -0.1) is 0 Å². The summed E-state index contributed by atoms with van der Waals surface area (Å²) in [5.74, 6) is -0.497. The van der Waals surface area contributed by atoms with Gasteiger partial charge in [-0.1, -0.05) is 54.6 Å². The summed E-state index contributed by atoms with van der Waals surface area (Å²) >= 11 is 0. The number of anilines is 1. The molecule has 1 unspecified atom stereocenters. The maximum Gasteiger partial charge on any atom is 0.419 e. The predicted molar refractivity (Wildman–Crippen MR) is 209 cm³/mol. The van der Waals surface area contributed by atoms with Crippen LogP contribution in [0.1, 0.15) is 61.3 Å². The number of nitrogens with one attached hydrogen (secondary N) is 2. The number of rotatable bonds is 13. The van der Waals surface area contributed by atoms with E-state index in [4.69, 9.17) is 10.2 Å². The van der Waals surface area contributed by atoms with Crippen molar-refractivity contribution in [2.24, 2.45) is 5.73 Å². The van der Waals surface area contributed by atoms with E-state index in [0.29, 0.717) is 47.2 Å². The molecule has 12 nitrogen and oxygen atoms in total. The molecule has 1 fully saturated rings. The first-order chi connectivity index (χ1) is 26.2. The van der Waals surface area contributed by atoms with Gasteiger partial charge in [0.1, 0.15) is 5.75 Å². The molecule has 1 aliphatic carbocycles. The van der Waals surface area contributed by atoms with Gasteiger partial charge in [0.25, 0.3) is 0 Å². The minimum Gasteiger partial charge on any atom is -0.506 e. The number of hydrogen-bond acceptors (Lipinski definition) is 8. The maximum absolute atomic E-state index is 12.9. The minimum absolute atomic E-state index is 0.0681. The molecule has 1 amide bonds. The molecule has 0 radical (unpaired) electrons. The number of phenolic OH excluding ortho intramolecular Hbond substituents is 1. The number of aromatic hydroxyl groups is 1. The van der Waals surface area contributed by atoms with Gasteiger partial charge in [0.2, 0.25) is 5.56 Å². The zero-order chi connectivity index (χ0) is 37.8. The van der Waals surface area contributed by atoms with Crippen molar-refractivity contribution in [2.75, 3.05) is 11.4 Å². The minimum atomic E-state index is -0.963. The summed E-state index contributed by atoms with van der Waals surface area (Å²) in [4.78, 5) is 41.5. The Balaban J connectivity index is 0.987. The maximum atomic E-state index is 12.9. The molecule has 1 aliphatic rings. The third kappa shape index (κ3) is 7.96. The average molecular weight is 732 g/mol. The number of carbonyl (C=O) groups is 1. The molecule has 0 spiro atoms. The number of aromatic nitrogens is 2. The number of aliphatic hydroxyl groups excluding tert-OH is 1. The van der Waals surface area contributed by atoms with Crippen molar-refractivity contribution in [1.82, 2.24) is 14.9 Å². The largest absolute Gasteiger partial charge is 0.506 e. The molecular formula is C42H45N5O7. The number of pyridine rings is 1. The van der Waals surface area contributed by atoms with Crippen molar-refractivity contribution in [3.8, 4) is 16.9 Å². The standard InChI is InChI=1S/C42H45N5O7/c43-29-11-13-30(14-12-29)47(41(51)52)35-22-26(9-15-31(35)28-7-2-1-3-8-28)6-4-5-21-46-34-18-10-27(23-38(34)54-42(46)53)24-44-25-37(49)32-16-19-36(48)40-33(32)17-20-39(50)45-40/h1-3,7-10,15-20,22-23,29-30,37,44,48-49H,4-6,11-14,21,24-25,43H2,(H,45,50)(H,51,52)/t29-,30-,37?. The van der Waals surface area contributed by atoms with E-state index in [1.54, 1.807) is 21.6 Å². The smallest absolute Gasteiger partial charge is 0.419 e. The number of phenols is 1. The quantitative estimate of drug-likeness (QED) is 0.0730. The van der Waals surface area contributed by atoms with Crippen LogP contribution in [0, 0.1) is 0 Å². The van der Waals surface area contributed by atoms with Gasteiger partial charge in [0.15, 0.2) is 5.58 Å². The van der Waals surface area contributed by atoms with E-state index >= 15 is 0 Å². The fourth-order valence-corrected chi connectivity index (χ4v) is 7.65. The highest BCUT2D eigenvalue weighted by molar-refractivity contribution is 5.94. The Bertz CT molecular complexity index is 2380. The third-order valence-corrected chi connectivity index (χ3v) is 10.5. The van der Waals surface area contributed by atoms with Gasteiger partial charge in [-0.25, -0.2) is 9.59 Å².